The maximum Gasteiger partial charge on any atom is 0.332 e. The highest BCUT2D eigenvalue weighted by atomic mass is 16.2. The fourth-order valence-corrected chi connectivity index (χ4v) is 4.74. The molecule has 6 rings (SSSR count). The summed E-state index contributed by atoms with van der Waals surface area (Å²) in [5.41, 5.74) is -0.00155. The van der Waals surface area contributed by atoms with E-state index >= 15 is 0 Å². The molecule has 0 spiro atoms. The average Bonchev–Trinajstić information content (AvgIpc) is 3.27. The summed E-state index contributed by atoms with van der Waals surface area (Å²) < 4.78 is 3.71. The number of piperidine rings is 1. The van der Waals surface area contributed by atoms with Crippen molar-refractivity contribution in [1.82, 2.24) is 38.6 Å². The van der Waals surface area contributed by atoms with Crippen LogP contribution in [0.2, 0.25) is 0 Å². The van der Waals surface area contributed by atoms with Crippen molar-refractivity contribution in [2.45, 2.75) is 19.4 Å². The van der Waals surface area contributed by atoms with Crippen molar-refractivity contribution in [3.8, 4) is 11.4 Å². The zero-order chi connectivity index (χ0) is 25.1. The first-order valence-electron chi connectivity index (χ1n) is 11.7. The Bertz CT molecular complexity index is 1610. The Balaban J connectivity index is 1.22. The lowest BCUT2D eigenvalue weighted by Crippen LogP contribution is -2.38. The molecule has 4 aromatic heterocycles. The Morgan fingerprint density at radius 3 is 2.50 bits per heavy atom. The Hall–Kier alpha value is -4.42. The van der Waals surface area contributed by atoms with Gasteiger partial charge in [0.05, 0.1) is 11.9 Å². The third kappa shape index (κ3) is 3.54. The van der Waals surface area contributed by atoms with Crippen LogP contribution >= 0.6 is 0 Å². The highest BCUT2D eigenvalue weighted by Gasteiger charge is 2.45. The maximum absolute atomic E-state index is 13.0. The summed E-state index contributed by atoms with van der Waals surface area (Å²) >= 11 is 0. The first-order valence-corrected chi connectivity index (χ1v) is 11.7. The second-order valence-corrected chi connectivity index (χ2v) is 9.39. The van der Waals surface area contributed by atoms with E-state index < -0.39 is 23.2 Å². The molecule has 4 aromatic rings. The quantitative estimate of drug-likeness (QED) is 0.420. The van der Waals surface area contributed by atoms with Gasteiger partial charge in [0.2, 0.25) is 11.9 Å². The summed E-state index contributed by atoms with van der Waals surface area (Å²) in [6.45, 7) is 3.65. The Morgan fingerprint density at radius 1 is 1.06 bits per heavy atom. The number of fused-ring (bicyclic) bond motifs is 2. The molecule has 5 heterocycles. The van der Waals surface area contributed by atoms with E-state index in [-0.39, 0.29) is 11.2 Å². The number of aromatic nitrogens is 8. The lowest BCUT2D eigenvalue weighted by Gasteiger charge is -2.17. The minimum atomic E-state index is -0.798. The first-order chi connectivity index (χ1) is 17.3. The lowest BCUT2D eigenvalue weighted by molar-refractivity contribution is -0.118. The second kappa shape index (κ2) is 8.07. The van der Waals surface area contributed by atoms with Crippen molar-refractivity contribution in [3.05, 3.63) is 51.8 Å². The molecule has 13 heteroatoms. The van der Waals surface area contributed by atoms with Crippen molar-refractivity contribution >= 4 is 28.8 Å². The number of imidazole rings is 1. The SMILES string of the molecule is C[C@@H](C(=O)Nc1ccnc(-c2cnc(N3CC4C[C@H]4C3)nc2)n1)n1cnc2c1c(=O)n(C)c(=O)n2C. The second-order valence-electron chi connectivity index (χ2n) is 9.39. The van der Waals surface area contributed by atoms with Gasteiger partial charge in [-0.1, -0.05) is 0 Å². The lowest BCUT2D eigenvalue weighted by atomic mass is 10.3. The number of nitrogens with one attached hydrogen (secondary N) is 1. The van der Waals surface area contributed by atoms with E-state index in [4.69, 9.17) is 0 Å². The molecule has 184 valence electrons. The number of rotatable bonds is 5. The molecule has 1 saturated heterocycles. The fraction of sp³-hybridized carbons (Fsp3) is 0.391. The number of amides is 1. The van der Waals surface area contributed by atoms with Gasteiger partial charge < -0.3 is 14.8 Å². The van der Waals surface area contributed by atoms with Crippen LogP contribution in [-0.4, -0.2) is 57.6 Å². The normalized spacial score (nSPS) is 19.4. The van der Waals surface area contributed by atoms with Gasteiger partial charge in [-0.15, -0.1) is 0 Å². The van der Waals surface area contributed by atoms with Gasteiger partial charge in [-0.05, 0) is 31.2 Å². The summed E-state index contributed by atoms with van der Waals surface area (Å²) in [6, 6.07) is 0.780. The van der Waals surface area contributed by atoms with E-state index in [0.29, 0.717) is 23.2 Å². The van der Waals surface area contributed by atoms with Crippen molar-refractivity contribution in [3.63, 3.8) is 0 Å². The van der Waals surface area contributed by atoms with Crippen LogP contribution in [0.3, 0.4) is 0 Å². The molecular weight excluding hydrogens is 464 g/mol. The zero-order valence-electron chi connectivity index (χ0n) is 20.0. The van der Waals surface area contributed by atoms with Crippen molar-refractivity contribution in [2.24, 2.45) is 25.9 Å². The Labute approximate surface area is 204 Å². The van der Waals surface area contributed by atoms with Gasteiger partial charge in [0, 0.05) is 45.8 Å². The topological polar surface area (TPSA) is 146 Å². The van der Waals surface area contributed by atoms with Crippen LogP contribution < -0.4 is 21.5 Å². The van der Waals surface area contributed by atoms with E-state index in [1.807, 2.05) is 0 Å². The predicted octanol–water partition coefficient (Wildman–Crippen LogP) is 0.337. The largest absolute Gasteiger partial charge is 0.340 e. The van der Waals surface area contributed by atoms with Crippen LogP contribution in [0.15, 0.2) is 40.6 Å². The van der Waals surface area contributed by atoms with Crippen LogP contribution in [0.1, 0.15) is 19.4 Å². The monoisotopic (exact) mass is 488 g/mol. The first kappa shape index (κ1) is 22.1. The molecule has 2 fully saturated rings. The van der Waals surface area contributed by atoms with Crippen LogP contribution in [0.25, 0.3) is 22.6 Å². The summed E-state index contributed by atoms with van der Waals surface area (Å²) in [5, 5.41) is 2.77. The standard InChI is InChI=1S/C23H24N10O3/c1-12(33-11-27-19-17(33)21(35)31(3)23(36)30(19)2)20(34)29-16-4-5-24-18(28-16)15-7-25-22(26-8-15)32-9-13-6-14(13)10-32/h4-5,7-8,11-14H,6,9-10H2,1-3H3,(H,24,28,29,34)/t12-,13-,14?/m0/s1. The number of anilines is 2. The molecule has 1 saturated carbocycles. The Morgan fingerprint density at radius 2 is 1.78 bits per heavy atom. The van der Waals surface area contributed by atoms with Crippen LogP contribution in [0, 0.1) is 11.8 Å². The molecule has 1 unspecified atom stereocenters. The summed E-state index contributed by atoms with van der Waals surface area (Å²) in [7, 11) is 2.91. The Kier molecular flexibility index (Phi) is 4.95. The summed E-state index contributed by atoms with van der Waals surface area (Å²) in [6.07, 6.45) is 7.61. The number of aryl methyl sites for hydroxylation is 1. The molecule has 3 atom stereocenters. The van der Waals surface area contributed by atoms with Gasteiger partial charge in [0.15, 0.2) is 17.0 Å². The van der Waals surface area contributed by atoms with E-state index in [0.717, 1.165) is 29.5 Å². The number of hydrogen-bond donors (Lipinski definition) is 1. The van der Waals surface area contributed by atoms with Gasteiger partial charge in [-0.3, -0.25) is 18.7 Å². The molecule has 0 aromatic carbocycles. The molecular formula is C23H24N10O3. The van der Waals surface area contributed by atoms with Crippen molar-refractivity contribution < 1.29 is 4.79 Å². The average molecular weight is 489 g/mol. The summed E-state index contributed by atoms with van der Waals surface area (Å²) in [4.78, 5) is 62.0. The fourth-order valence-electron chi connectivity index (χ4n) is 4.74. The highest BCUT2D eigenvalue weighted by Crippen LogP contribution is 2.45. The number of hydrogen-bond acceptors (Lipinski definition) is 9. The molecule has 1 aliphatic carbocycles. The van der Waals surface area contributed by atoms with Crippen molar-refractivity contribution in [2.75, 3.05) is 23.3 Å². The van der Waals surface area contributed by atoms with E-state index in [9.17, 15) is 14.4 Å². The smallest absolute Gasteiger partial charge is 0.332 e. The maximum atomic E-state index is 13.0. The number of carbonyl (C=O) groups is 1. The molecule has 13 nitrogen and oxygen atoms in total. The van der Waals surface area contributed by atoms with Gasteiger partial charge >= 0.3 is 5.69 Å². The van der Waals surface area contributed by atoms with Gasteiger partial charge in [0.1, 0.15) is 11.9 Å². The van der Waals surface area contributed by atoms with Gasteiger partial charge in [-0.25, -0.2) is 29.7 Å². The number of carbonyl (C=O) groups excluding carboxylic acids is 1. The molecule has 1 aliphatic heterocycles. The predicted molar refractivity (Wildman–Crippen MR) is 130 cm³/mol. The molecule has 0 radical (unpaired) electrons. The summed E-state index contributed by atoms with van der Waals surface area (Å²) in [5.74, 6) is 2.55. The molecule has 36 heavy (non-hydrogen) atoms. The number of nitrogens with zero attached hydrogens (tertiary/aromatic N) is 9. The molecule has 1 amide bonds. The third-order valence-electron chi connectivity index (χ3n) is 7.03. The van der Waals surface area contributed by atoms with Crippen LogP contribution in [-0.2, 0) is 18.9 Å². The third-order valence-corrected chi connectivity index (χ3v) is 7.03. The highest BCUT2D eigenvalue weighted by molar-refractivity contribution is 5.93. The minimum absolute atomic E-state index is 0.165. The minimum Gasteiger partial charge on any atom is -0.340 e. The van der Waals surface area contributed by atoms with Crippen LogP contribution in [0.5, 0.6) is 0 Å². The van der Waals surface area contributed by atoms with E-state index in [2.05, 4.69) is 35.1 Å². The molecule has 2 aliphatic rings. The van der Waals surface area contributed by atoms with E-state index in [1.165, 1.54) is 36.0 Å². The van der Waals surface area contributed by atoms with Crippen molar-refractivity contribution in [1.29, 1.82) is 0 Å². The van der Waals surface area contributed by atoms with Crippen LogP contribution in [0.4, 0.5) is 11.8 Å². The molecule has 1 N–H and O–H groups in total. The van der Waals surface area contributed by atoms with E-state index in [1.54, 1.807) is 31.6 Å². The van der Waals surface area contributed by atoms with Gasteiger partial charge in [-0.2, -0.15) is 0 Å². The molecule has 0 bridgehead atoms. The van der Waals surface area contributed by atoms with Gasteiger partial charge in [0.25, 0.3) is 5.56 Å². The zero-order valence-corrected chi connectivity index (χ0v) is 20.0.